The summed E-state index contributed by atoms with van der Waals surface area (Å²) in [4.78, 5) is 73.2. The molecule has 0 aromatic carbocycles. The molecule has 0 saturated heterocycles. The number of esters is 4. The van der Waals surface area contributed by atoms with Crippen molar-refractivity contribution in [3.63, 3.8) is 0 Å². The summed E-state index contributed by atoms with van der Waals surface area (Å²) in [5.41, 5.74) is 0. The van der Waals surface area contributed by atoms with E-state index in [2.05, 4.69) is 41.5 Å². The van der Waals surface area contributed by atoms with Crippen molar-refractivity contribution in [3.8, 4) is 0 Å². The average Bonchev–Trinajstić information content (AvgIpc) is 0.941. The SMILES string of the molecule is CCCCCCCCCCCCCCCCCCC(=O)O[C@H](COC(=O)CCCCCCCCCCCCCC)COP(=O)(O)OC[C@H](O)COP(=O)(O)OC[C@@H](COC(=O)CCCCCCCCCCCCCCCCC(C)C)OC(=O)CCCCCCCCCCCCCCCCCC(C)C. The second-order valence-electron chi connectivity index (χ2n) is 31.2. The Morgan fingerprint density at radius 1 is 0.262 bits per heavy atom. The van der Waals surface area contributed by atoms with Crippen LogP contribution >= 0.6 is 15.6 Å². The van der Waals surface area contributed by atoms with E-state index in [1.807, 2.05) is 0 Å². The van der Waals surface area contributed by atoms with Crippen molar-refractivity contribution in [2.45, 2.75) is 464 Å². The Morgan fingerprint density at radius 3 is 0.660 bits per heavy atom. The third-order valence-corrected chi connectivity index (χ3v) is 21.6. The number of aliphatic hydroxyl groups is 1. The normalized spacial score (nSPS) is 13.9. The van der Waals surface area contributed by atoms with Crippen molar-refractivity contribution < 1.29 is 80.2 Å². The molecule has 612 valence electrons. The van der Waals surface area contributed by atoms with Crippen LogP contribution in [-0.2, 0) is 65.4 Å². The molecule has 0 saturated carbocycles. The van der Waals surface area contributed by atoms with Gasteiger partial charge in [0.25, 0.3) is 0 Å². The first kappa shape index (κ1) is 101. The maximum absolute atomic E-state index is 13.1. The van der Waals surface area contributed by atoms with Crippen LogP contribution in [0.1, 0.15) is 446 Å². The molecule has 0 heterocycles. The second kappa shape index (κ2) is 75.5. The van der Waals surface area contributed by atoms with Crippen LogP contribution in [0.3, 0.4) is 0 Å². The van der Waals surface area contributed by atoms with Crippen LogP contribution in [0.2, 0.25) is 0 Å². The zero-order valence-corrected chi connectivity index (χ0v) is 69.4. The lowest BCUT2D eigenvalue weighted by atomic mass is 10.0. The minimum Gasteiger partial charge on any atom is -0.462 e. The molecule has 17 nitrogen and oxygen atoms in total. The predicted octanol–water partition coefficient (Wildman–Crippen LogP) is 25.5. The van der Waals surface area contributed by atoms with Crippen LogP contribution < -0.4 is 0 Å². The first-order valence-corrected chi connectivity index (χ1v) is 46.5. The number of phosphoric acid groups is 2. The van der Waals surface area contributed by atoms with E-state index in [0.29, 0.717) is 25.7 Å². The number of hydrogen-bond acceptors (Lipinski definition) is 15. The molecule has 0 aliphatic rings. The van der Waals surface area contributed by atoms with Crippen molar-refractivity contribution >= 4 is 39.5 Å². The Bertz CT molecular complexity index is 1980. The van der Waals surface area contributed by atoms with E-state index < -0.39 is 97.5 Å². The van der Waals surface area contributed by atoms with Gasteiger partial charge in [0.1, 0.15) is 19.3 Å². The third kappa shape index (κ3) is 78.0. The fraction of sp³-hybridized carbons (Fsp3) is 0.952. The van der Waals surface area contributed by atoms with Gasteiger partial charge in [-0.15, -0.1) is 0 Å². The minimum atomic E-state index is -4.96. The van der Waals surface area contributed by atoms with Gasteiger partial charge in [0, 0.05) is 25.7 Å². The molecular formula is C84H164O17P2. The van der Waals surface area contributed by atoms with E-state index >= 15 is 0 Å². The highest BCUT2D eigenvalue weighted by Crippen LogP contribution is 2.45. The van der Waals surface area contributed by atoms with Gasteiger partial charge in [0.05, 0.1) is 26.4 Å². The Balaban J connectivity index is 5.26. The Kier molecular flexibility index (Phi) is 74.1. The summed E-state index contributed by atoms with van der Waals surface area (Å²) in [5, 5.41) is 10.7. The molecule has 0 rings (SSSR count). The molecule has 3 N–H and O–H groups in total. The fourth-order valence-electron chi connectivity index (χ4n) is 13.1. The molecule has 19 heteroatoms. The summed E-state index contributed by atoms with van der Waals surface area (Å²) < 4.78 is 68.9. The largest absolute Gasteiger partial charge is 0.472 e. The highest BCUT2D eigenvalue weighted by molar-refractivity contribution is 7.47. The highest BCUT2D eigenvalue weighted by Gasteiger charge is 2.30. The van der Waals surface area contributed by atoms with Crippen molar-refractivity contribution in [2.24, 2.45) is 11.8 Å². The van der Waals surface area contributed by atoms with Gasteiger partial charge in [0.15, 0.2) is 12.2 Å². The Labute approximate surface area is 632 Å². The molecular weight excluding hydrogens is 1340 g/mol. The first-order chi connectivity index (χ1) is 49.9. The predicted molar refractivity (Wildman–Crippen MR) is 423 cm³/mol. The van der Waals surface area contributed by atoms with Gasteiger partial charge in [-0.25, -0.2) is 9.13 Å². The Morgan fingerprint density at radius 2 is 0.447 bits per heavy atom. The maximum atomic E-state index is 13.1. The number of hydrogen-bond donors (Lipinski definition) is 3. The van der Waals surface area contributed by atoms with Crippen LogP contribution in [0.15, 0.2) is 0 Å². The van der Waals surface area contributed by atoms with Crippen LogP contribution in [0.5, 0.6) is 0 Å². The Hall–Kier alpha value is -1.94. The molecule has 0 fully saturated rings. The molecule has 0 aromatic heterocycles. The summed E-state index contributed by atoms with van der Waals surface area (Å²) in [6.07, 6.45) is 66.4. The van der Waals surface area contributed by atoms with Gasteiger partial charge >= 0.3 is 39.5 Å². The average molecular weight is 1510 g/mol. The number of phosphoric ester groups is 2. The third-order valence-electron chi connectivity index (χ3n) is 19.7. The second-order valence-corrected chi connectivity index (χ2v) is 34.1. The number of rotatable bonds is 83. The van der Waals surface area contributed by atoms with Crippen LogP contribution in [0, 0.1) is 11.8 Å². The topological polar surface area (TPSA) is 237 Å². The monoisotopic (exact) mass is 1510 g/mol. The zero-order chi connectivity index (χ0) is 75.6. The molecule has 0 bridgehead atoms. The smallest absolute Gasteiger partial charge is 0.462 e. The maximum Gasteiger partial charge on any atom is 0.472 e. The van der Waals surface area contributed by atoms with Crippen molar-refractivity contribution in [3.05, 3.63) is 0 Å². The van der Waals surface area contributed by atoms with E-state index in [1.165, 1.54) is 263 Å². The number of carbonyl (C=O) groups excluding carboxylic acids is 4. The summed E-state index contributed by atoms with van der Waals surface area (Å²) in [5.74, 6) is -0.500. The summed E-state index contributed by atoms with van der Waals surface area (Å²) in [6, 6.07) is 0. The van der Waals surface area contributed by atoms with Crippen LogP contribution in [-0.4, -0.2) is 96.7 Å². The van der Waals surface area contributed by atoms with Crippen LogP contribution in [0.4, 0.5) is 0 Å². The van der Waals surface area contributed by atoms with Crippen molar-refractivity contribution in [1.29, 1.82) is 0 Å². The van der Waals surface area contributed by atoms with Crippen molar-refractivity contribution in [2.75, 3.05) is 39.6 Å². The molecule has 0 spiro atoms. The summed E-state index contributed by atoms with van der Waals surface area (Å²) in [6.45, 7) is 9.72. The molecule has 103 heavy (non-hydrogen) atoms. The van der Waals surface area contributed by atoms with Gasteiger partial charge in [-0.3, -0.25) is 37.3 Å². The molecule has 0 aliphatic heterocycles. The van der Waals surface area contributed by atoms with Gasteiger partial charge in [0.2, 0.25) is 0 Å². The van der Waals surface area contributed by atoms with Gasteiger partial charge in [-0.2, -0.15) is 0 Å². The number of carbonyl (C=O) groups is 4. The van der Waals surface area contributed by atoms with Gasteiger partial charge in [-0.1, -0.05) is 395 Å². The fourth-order valence-corrected chi connectivity index (χ4v) is 14.6. The number of ether oxygens (including phenoxy) is 4. The quantitative estimate of drug-likeness (QED) is 0.0222. The van der Waals surface area contributed by atoms with Crippen LogP contribution in [0.25, 0.3) is 0 Å². The van der Waals surface area contributed by atoms with Gasteiger partial charge in [-0.05, 0) is 37.5 Å². The molecule has 0 aliphatic carbocycles. The molecule has 2 unspecified atom stereocenters. The van der Waals surface area contributed by atoms with E-state index in [9.17, 15) is 43.2 Å². The minimum absolute atomic E-state index is 0.108. The van der Waals surface area contributed by atoms with E-state index in [4.69, 9.17) is 37.0 Å². The van der Waals surface area contributed by atoms with Gasteiger partial charge < -0.3 is 33.8 Å². The lowest BCUT2D eigenvalue weighted by Crippen LogP contribution is -2.30. The number of unbranched alkanes of at least 4 members (excludes halogenated alkanes) is 53. The standard InChI is InChI=1S/C84H164O17P2/c1-7-9-11-13-15-17-19-21-22-25-32-38-44-50-56-62-68-83(88)100-79(72-94-81(86)66-60-54-48-42-36-20-18-16-14-12-10-8-2)74-98-102(90,91)96-70-78(85)71-97-103(92,93)99-75-80(73-95-82(87)67-61-55-49-43-37-31-28-27-30-35-41-47-53-59-65-77(5)6)101-84(89)69-63-57-51-45-39-33-26-23-24-29-34-40-46-52-58-64-76(3)4/h76-80,85H,7-75H2,1-6H3,(H,90,91)(H,92,93)/t78-,79+,80+/m0/s1. The number of aliphatic hydroxyl groups excluding tert-OH is 1. The van der Waals surface area contributed by atoms with Crippen molar-refractivity contribution in [1.82, 2.24) is 0 Å². The van der Waals surface area contributed by atoms with E-state index in [0.717, 1.165) is 102 Å². The van der Waals surface area contributed by atoms with E-state index in [-0.39, 0.29) is 25.7 Å². The lowest BCUT2D eigenvalue weighted by Gasteiger charge is -2.21. The molecule has 5 atom stereocenters. The lowest BCUT2D eigenvalue weighted by molar-refractivity contribution is -0.161. The van der Waals surface area contributed by atoms with E-state index in [1.54, 1.807) is 0 Å². The zero-order valence-electron chi connectivity index (χ0n) is 67.6. The first-order valence-electron chi connectivity index (χ1n) is 43.5. The molecule has 0 aromatic rings. The molecule has 0 radical (unpaired) electrons. The summed E-state index contributed by atoms with van der Waals surface area (Å²) in [7, 11) is -9.93. The highest BCUT2D eigenvalue weighted by atomic mass is 31.2. The molecule has 0 amide bonds. The summed E-state index contributed by atoms with van der Waals surface area (Å²) >= 11 is 0.